The van der Waals surface area contributed by atoms with Crippen LogP contribution in [0, 0.1) is 5.92 Å². The summed E-state index contributed by atoms with van der Waals surface area (Å²) in [6, 6.07) is 0. The number of aliphatic imine (C=N–C) groups is 1. The van der Waals surface area contributed by atoms with E-state index in [1.54, 1.807) is 0 Å². The minimum absolute atomic E-state index is 0.788. The number of allylic oxidation sites excluding steroid dienone is 1. The van der Waals surface area contributed by atoms with E-state index >= 15 is 0 Å². The summed E-state index contributed by atoms with van der Waals surface area (Å²) in [5.74, 6) is 0.886. The molecule has 0 unspecified atom stereocenters. The van der Waals surface area contributed by atoms with Crippen molar-refractivity contribution >= 4 is 6.72 Å². The molecule has 0 aliphatic heterocycles. The van der Waals surface area contributed by atoms with Crippen molar-refractivity contribution in [3.05, 3.63) is 12.2 Å². The molecule has 0 aromatic carbocycles. The van der Waals surface area contributed by atoms with Crippen molar-refractivity contribution < 1.29 is 0 Å². The SMILES string of the molecule is C=NC/C=C/C1CC1. The van der Waals surface area contributed by atoms with E-state index < -0.39 is 0 Å². The van der Waals surface area contributed by atoms with Crippen molar-refractivity contribution in [2.45, 2.75) is 12.8 Å². The fourth-order valence-electron chi connectivity index (χ4n) is 0.617. The number of hydrogen-bond donors (Lipinski definition) is 0. The summed E-state index contributed by atoms with van der Waals surface area (Å²) in [4.78, 5) is 3.70. The molecule has 0 atom stereocenters. The van der Waals surface area contributed by atoms with Gasteiger partial charge in [-0.3, -0.25) is 4.99 Å². The monoisotopic (exact) mass is 109 g/mol. The third-order valence-corrected chi connectivity index (χ3v) is 1.26. The highest BCUT2D eigenvalue weighted by molar-refractivity contribution is 5.23. The van der Waals surface area contributed by atoms with E-state index in [1.165, 1.54) is 12.8 Å². The maximum Gasteiger partial charge on any atom is 0.0563 e. The Hall–Kier alpha value is -0.590. The molecule has 1 heteroatoms. The molecule has 0 N–H and O–H groups in total. The molecule has 1 rings (SSSR count). The fraction of sp³-hybridized carbons (Fsp3) is 0.571. The van der Waals surface area contributed by atoms with Gasteiger partial charge in [-0.15, -0.1) is 0 Å². The maximum absolute atomic E-state index is 3.70. The fourth-order valence-corrected chi connectivity index (χ4v) is 0.617. The summed E-state index contributed by atoms with van der Waals surface area (Å²) in [7, 11) is 0. The third-order valence-electron chi connectivity index (χ3n) is 1.26. The Morgan fingerprint density at radius 2 is 2.38 bits per heavy atom. The second-order valence-electron chi connectivity index (χ2n) is 2.17. The van der Waals surface area contributed by atoms with E-state index in [2.05, 4.69) is 23.9 Å². The highest BCUT2D eigenvalue weighted by Gasteiger charge is 2.16. The standard InChI is InChI=1S/C7H11N/c1-8-6-2-3-7-4-5-7/h2-3,7H,1,4-6H2/b3-2+. The van der Waals surface area contributed by atoms with Gasteiger partial charge in [0.2, 0.25) is 0 Å². The minimum atomic E-state index is 0.788. The van der Waals surface area contributed by atoms with Gasteiger partial charge in [-0.05, 0) is 25.5 Å². The quantitative estimate of drug-likeness (QED) is 0.386. The maximum atomic E-state index is 3.70. The van der Waals surface area contributed by atoms with Crippen molar-refractivity contribution in [3.8, 4) is 0 Å². The summed E-state index contributed by atoms with van der Waals surface area (Å²) in [5.41, 5.74) is 0. The molecule has 1 aliphatic rings. The van der Waals surface area contributed by atoms with E-state index in [-0.39, 0.29) is 0 Å². The summed E-state index contributed by atoms with van der Waals surface area (Å²) < 4.78 is 0. The van der Waals surface area contributed by atoms with Crippen LogP contribution >= 0.6 is 0 Å². The van der Waals surface area contributed by atoms with E-state index in [0.717, 1.165) is 12.5 Å². The highest BCUT2D eigenvalue weighted by atomic mass is 14.6. The lowest BCUT2D eigenvalue weighted by atomic mass is 10.4. The zero-order chi connectivity index (χ0) is 5.82. The molecule has 0 aromatic heterocycles. The summed E-state index contributed by atoms with van der Waals surface area (Å²) in [6.07, 6.45) is 7.08. The molecule has 1 aliphatic carbocycles. The van der Waals surface area contributed by atoms with Crippen LogP contribution in [0.25, 0.3) is 0 Å². The normalized spacial score (nSPS) is 19.5. The molecule has 1 nitrogen and oxygen atoms in total. The van der Waals surface area contributed by atoms with Gasteiger partial charge in [-0.25, -0.2) is 0 Å². The van der Waals surface area contributed by atoms with Crippen LogP contribution < -0.4 is 0 Å². The van der Waals surface area contributed by atoms with Crippen molar-refractivity contribution in [1.82, 2.24) is 0 Å². The minimum Gasteiger partial charge on any atom is -0.297 e. The second kappa shape index (κ2) is 2.65. The van der Waals surface area contributed by atoms with Crippen LogP contribution in [0.3, 0.4) is 0 Å². The van der Waals surface area contributed by atoms with Crippen molar-refractivity contribution in [2.75, 3.05) is 6.54 Å². The molecular formula is C7H11N. The number of nitrogens with zero attached hydrogens (tertiary/aromatic N) is 1. The molecule has 0 saturated heterocycles. The van der Waals surface area contributed by atoms with E-state index in [0.29, 0.717) is 0 Å². The van der Waals surface area contributed by atoms with Crippen LogP contribution in [-0.4, -0.2) is 13.3 Å². The van der Waals surface area contributed by atoms with Crippen LogP contribution in [0.2, 0.25) is 0 Å². The summed E-state index contributed by atoms with van der Waals surface area (Å²) >= 11 is 0. The van der Waals surface area contributed by atoms with E-state index in [9.17, 15) is 0 Å². The Morgan fingerprint density at radius 3 is 2.88 bits per heavy atom. The summed E-state index contributed by atoms with van der Waals surface area (Å²) in [6.45, 7) is 4.16. The largest absolute Gasteiger partial charge is 0.297 e. The molecule has 8 heavy (non-hydrogen) atoms. The van der Waals surface area contributed by atoms with Gasteiger partial charge < -0.3 is 0 Å². The Bertz CT molecular complexity index is 101. The topological polar surface area (TPSA) is 12.4 Å². The smallest absolute Gasteiger partial charge is 0.0563 e. The molecule has 0 amide bonds. The molecular weight excluding hydrogens is 98.1 g/mol. The van der Waals surface area contributed by atoms with E-state index in [4.69, 9.17) is 0 Å². The lowest BCUT2D eigenvalue weighted by Crippen LogP contribution is -1.68. The Labute approximate surface area is 50.1 Å². The van der Waals surface area contributed by atoms with Crippen LogP contribution in [0.1, 0.15) is 12.8 Å². The van der Waals surface area contributed by atoms with Crippen molar-refractivity contribution in [1.29, 1.82) is 0 Å². The first-order valence-corrected chi connectivity index (χ1v) is 3.02. The van der Waals surface area contributed by atoms with Crippen LogP contribution in [0.5, 0.6) is 0 Å². The number of rotatable bonds is 3. The molecule has 0 radical (unpaired) electrons. The van der Waals surface area contributed by atoms with Gasteiger partial charge in [0.15, 0.2) is 0 Å². The predicted octanol–water partition coefficient (Wildman–Crippen LogP) is 1.65. The first kappa shape index (κ1) is 5.54. The van der Waals surface area contributed by atoms with E-state index in [1.807, 2.05) is 0 Å². The zero-order valence-electron chi connectivity index (χ0n) is 5.01. The summed E-state index contributed by atoms with van der Waals surface area (Å²) in [5, 5.41) is 0. The number of hydrogen-bond acceptors (Lipinski definition) is 1. The van der Waals surface area contributed by atoms with Gasteiger partial charge in [-0.2, -0.15) is 0 Å². The zero-order valence-corrected chi connectivity index (χ0v) is 5.01. The van der Waals surface area contributed by atoms with Gasteiger partial charge in [0.1, 0.15) is 0 Å². The van der Waals surface area contributed by atoms with Gasteiger partial charge >= 0.3 is 0 Å². The molecule has 0 aromatic rings. The predicted molar refractivity (Wildman–Crippen MR) is 36.3 cm³/mol. The average Bonchev–Trinajstić information content (AvgIpc) is 2.51. The van der Waals surface area contributed by atoms with Crippen molar-refractivity contribution in [2.24, 2.45) is 10.9 Å². The van der Waals surface area contributed by atoms with Crippen LogP contribution in [-0.2, 0) is 0 Å². The first-order valence-electron chi connectivity index (χ1n) is 3.02. The molecule has 1 fully saturated rings. The molecule has 0 spiro atoms. The Morgan fingerprint density at radius 1 is 1.62 bits per heavy atom. The van der Waals surface area contributed by atoms with Gasteiger partial charge in [0.05, 0.1) is 6.54 Å². The van der Waals surface area contributed by atoms with Gasteiger partial charge in [-0.1, -0.05) is 12.2 Å². The molecule has 44 valence electrons. The first-order chi connectivity index (χ1) is 3.93. The third kappa shape index (κ3) is 1.92. The van der Waals surface area contributed by atoms with Crippen LogP contribution in [0.4, 0.5) is 0 Å². The lowest BCUT2D eigenvalue weighted by molar-refractivity contribution is 1.10. The Balaban J connectivity index is 2.04. The van der Waals surface area contributed by atoms with Gasteiger partial charge in [0, 0.05) is 0 Å². The Kier molecular flexibility index (Phi) is 1.84. The molecule has 1 saturated carbocycles. The van der Waals surface area contributed by atoms with Gasteiger partial charge in [0.25, 0.3) is 0 Å². The second-order valence-corrected chi connectivity index (χ2v) is 2.17. The highest BCUT2D eigenvalue weighted by Crippen LogP contribution is 2.29. The molecule has 0 bridgehead atoms. The lowest BCUT2D eigenvalue weighted by Gasteiger charge is -1.77. The van der Waals surface area contributed by atoms with Crippen LogP contribution in [0.15, 0.2) is 17.1 Å². The average molecular weight is 109 g/mol. The molecule has 0 heterocycles. The van der Waals surface area contributed by atoms with Crippen molar-refractivity contribution in [3.63, 3.8) is 0 Å².